The zero-order chi connectivity index (χ0) is 58.0. The predicted octanol–water partition coefficient (Wildman–Crippen LogP) is 22.9. The van der Waals surface area contributed by atoms with Crippen LogP contribution in [0.25, 0.3) is 0 Å². The van der Waals surface area contributed by atoms with E-state index in [9.17, 15) is 25.2 Å². The van der Waals surface area contributed by atoms with Crippen LogP contribution in [0.15, 0.2) is 24.3 Å². The average molecular weight is 1130 g/mol. The maximum atomic E-state index is 12.7. The van der Waals surface area contributed by atoms with E-state index >= 15 is 0 Å². The Morgan fingerprint density at radius 1 is 0.300 bits per heavy atom. The lowest BCUT2D eigenvalue weighted by Gasteiger charge is -2.27. The quantitative estimate of drug-likeness (QED) is 0.0308. The Balaban J connectivity index is 3.54. The second-order valence-electron chi connectivity index (χ2n) is 25.6. The van der Waals surface area contributed by atoms with Gasteiger partial charge in [0.05, 0.1) is 18.8 Å². The SMILES string of the molecule is CCCCCCCCCCCCCCCCCCCCC/C=C/CC/C=C/CCCC(O)C(O)C(CO)NC(=O)C(O)CCCCCCCCCCCCCCCCCCCCCCCCCCCCCCCCCCCCCC. The van der Waals surface area contributed by atoms with Gasteiger partial charge in [0, 0.05) is 0 Å². The lowest BCUT2D eigenvalue weighted by Crippen LogP contribution is -2.53. The van der Waals surface area contributed by atoms with Gasteiger partial charge in [-0.05, 0) is 51.4 Å². The Hall–Kier alpha value is -1.21. The summed E-state index contributed by atoms with van der Waals surface area (Å²) in [4.78, 5) is 12.7. The normalized spacial score (nSPS) is 13.5. The van der Waals surface area contributed by atoms with Crippen LogP contribution in [0.3, 0.4) is 0 Å². The van der Waals surface area contributed by atoms with E-state index in [4.69, 9.17) is 0 Å². The molecule has 0 fully saturated rings. The number of hydrogen-bond donors (Lipinski definition) is 5. The van der Waals surface area contributed by atoms with Crippen molar-refractivity contribution in [3.63, 3.8) is 0 Å². The first-order chi connectivity index (χ1) is 39.5. The molecule has 0 saturated carbocycles. The van der Waals surface area contributed by atoms with Gasteiger partial charge in [-0.3, -0.25) is 4.79 Å². The van der Waals surface area contributed by atoms with Crippen molar-refractivity contribution in [1.29, 1.82) is 0 Å². The number of unbranched alkanes of at least 4 members (excludes halogenated alkanes) is 56. The van der Waals surface area contributed by atoms with Gasteiger partial charge >= 0.3 is 0 Å². The van der Waals surface area contributed by atoms with E-state index in [0.717, 1.165) is 38.5 Å². The van der Waals surface area contributed by atoms with Gasteiger partial charge in [-0.1, -0.05) is 385 Å². The molecule has 0 bridgehead atoms. The molecular weight excluding hydrogens is 983 g/mol. The molecule has 5 N–H and O–H groups in total. The highest BCUT2D eigenvalue weighted by molar-refractivity contribution is 5.80. The van der Waals surface area contributed by atoms with Gasteiger partial charge in [-0.25, -0.2) is 0 Å². The van der Waals surface area contributed by atoms with Crippen molar-refractivity contribution in [1.82, 2.24) is 5.32 Å². The van der Waals surface area contributed by atoms with Gasteiger partial charge in [0.15, 0.2) is 0 Å². The number of carbonyl (C=O) groups excluding carboxylic acids is 1. The number of rotatable bonds is 69. The fourth-order valence-corrected chi connectivity index (χ4v) is 12.0. The Bertz CT molecular complexity index is 1220. The summed E-state index contributed by atoms with van der Waals surface area (Å²) in [6.07, 6.45) is 87.6. The Morgan fingerprint density at radius 2 is 0.525 bits per heavy atom. The average Bonchev–Trinajstić information content (AvgIpc) is 3.46. The molecule has 0 rings (SSSR count). The summed E-state index contributed by atoms with van der Waals surface area (Å²) >= 11 is 0. The largest absolute Gasteiger partial charge is 0.394 e. The first-order valence-electron chi connectivity index (χ1n) is 36.7. The second kappa shape index (κ2) is 68.6. The van der Waals surface area contributed by atoms with E-state index in [1.807, 2.05) is 0 Å². The number of aliphatic hydroxyl groups excluding tert-OH is 4. The van der Waals surface area contributed by atoms with Crippen LogP contribution in [-0.2, 0) is 4.79 Å². The summed E-state index contributed by atoms with van der Waals surface area (Å²) < 4.78 is 0. The maximum absolute atomic E-state index is 12.7. The lowest BCUT2D eigenvalue weighted by atomic mass is 10.00. The number of nitrogens with one attached hydrogen (secondary N) is 1. The molecule has 1 amide bonds. The first-order valence-corrected chi connectivity index (χ1v) is 36.7. The number of aliphatic hydroxyl groups is 4. The highest BCUT2D eigenvalue weighted by atomic mass is 16.3. The van der Waals surface area contributed by atoms with Gasteiger partial charge < -0.3 is 25.7 Å². The molecular formula is C74H145NO5. The number of carbonyl (C=O) groups is 1. The topological polar surface area (TPSA) is 110 Å². The minimum absolute atomic E-state index is 0.365. The number of allylic oxidation sites excluding steroid dienone is 4. The Kier molecular flexibility index (Phi) is 67.5. The summed E-state index contributed by atoms with van der Waals surface area (Å²) in [6, 6.07) is -1.01. The fourth-order valence-electron chi connectivity index (χ4n) is 12.0. The Labute approximate surface area is 501 Å². The van der Waals surface area contributed by atoms with E-state index < -0.39 is 36.9 Å². The molecule has 0 saturated heterocycles. The van der Waals surface area contributed by atoms with Gasteiger partial charge in [0.2, 0.25) is 5.91 Å². The first kappa shape index (κ1) is 78.8. The molecule has 6 nitrogen and oxygen atoms in total. The van der Waals surface area contributed by atoms with Crippen molar-refractivity contribution in [2.75, 3.05) is 6.61 Å². The molecule has 0 aliphatic carbocycles. The summed E-state index contributed by atoms with van der Waals surface area (Å²) in [5, 5.41) is 44.2. The monoisotopic (exact) mass is 1130 g/mol. The number of hydrogen-bond acceptors (Lipinski definition) is 5. The zero-order valence-corrected chi connectivity index (χ0v) is 54.4. The third kappa shape index (κ3) is 61.4. The molecule has 0 aliphatic rings. The molecule has 6 heteroatoms. The van der Waals surface area contributed by atoms with Crippen LogP contribution >= 0.6 is 0 Å². The fraction of sp³-hybridized carbons (Fsp3) is 0.932. The smallest absolute Gasteiger partial charge is 0.249 e. The molecule has 0 aromatic carbocycles. The van der Waals surface area contributed by atoms with Gasteiger partial charge in [-0.15, -0.1) is 0 Å². The standard InChI is InChI=1S/C74H145NO5/c1-3-5-7-9-11-13-15-17-19-21-23-25-27-29-31-33-34-35-36-37-38-39-40-42-44-46-48-50-52-54-56-58-60-62-64-66-68-72(78)74(80)75-70(69-76)73(79)71(77)67-65-63-61-59-57-55-53-51-49-47-45-43-41-32-30-28-26-24-22-20-18-16-14-12-10-8-6-4-2/h51,53,59,61,70-73,76-79H,3-50,52,54-58,60,62-69H2,1-2H3,(H,75,80)/b53-51+,61-59+. The van der Waals surface area contributed by atoms with Crippen molar-refractivity contribution in [3.05, 3.63) is 24.3 Å². The summed E-state index contributed by atoms with van der Waals surface area (Å²) in [5.74, 6) is -0.589. The summed E-state index contributed by atoms with van der Waals surface area (Å²) in [7, 11) is 0. The minimum Gasteiger partial charge on any atom is -0.394 e. The van der Waals surface area contributed by atoms with Gasteiger partial charge in [0.1, 0.15) is 12.2 Å². The van der Waals surface area contributed by atoms with Crippen LogP contribution in [0.1, 0.15) is 412 Å². The minimum atomic E-state index is -1.29. The molecule has 4 atom stereocenters. The third-order valence-corrected chi connectivity index (χ3v) is 17.6. The maximum Gasteiger partial charge on any atom is 0.249 e. The van der Waals surface area contributed by atoms with E-state index in [-0.39, 0.29) is 0 Å². The van der Waals surface area contributed by atoms with Gasteiger partial charge in [-0.2, -0.15) is 0 Å². The van der Waals surface area contributed by atoms with E-state index in [2.05, 4.69) is 43.5 Å². The summed E-state index contributed by atoms with van der Waals surface area (Å²) in [6.45, 7) is 4.10. The van der Waals surface area contributed by atoms with Crippen molar-refractivity contribution < 1.29 is 25.2 Å². The third-order valence-electron chi connectivity index (χ3n) is 17.6. The molecule has 4 unspecified atom stereocenters. The van der Waals surface area contributed by atoms with Crippen molar-refractivity contribution in [3.8, 4) is 0 Å². The highest BCUT2D eigenvalue weighted by Crippen LogP contribution is 2.20. The molecule has 0 heterocycles. The van der Waals surface area contributed by atoms with Crippen LogP contribution in [0, 0.1) is 0 Å². The van der Waals surface area contributed by atoms with Crippen LogP contribution < -0.4 is 5.32 Å². The summed E-state index contributed by atoms with van der Waals surface area (Å²) in [5.41, 5.74) is 0. The molecule has 0 aromatic rings. The van der Waals surface area contributed by atoms with Crippen molar-refractivity contribution in [2.24, 2.45) is 0 Å². The Morgan fingerprint density at radius 3 is 0.787 bits per heavy atom. The lowest BCUT2D eigenvalue weighted by molar-refractivity contribution is -0.132. The van der Waals surface area contributed by atoms with E-state index in [1.54, 1.807) is 0 Å². The van der Waals surface area contributed by atoms with Crippen LogP contribution in [0.2, 0.25) is 0 Å². The molecule has 0 aromatic heterocycles. The number of amides is 1. The van der Waals surface area contributed by atoms with E-state index in [1.165, 1.54) is 340 Å². The van der Waals surface area contributed by atoms with Crippen molar-refractivity contribution >= 4 is 5.91 Å². The predicted molar refractivity (Wildman–Crippen MR) is 353 cm³/mol. The molecule has 0 radical (unpaired) electrons. The van der Waals surface area contributed by atoms with Crippen LogP contribution in [0.5, 0.6) is 0 Å². The van der Waals surface area contributed by atoms with E-state index in [0.29, 0.717) is 19.3 Å². The molecule has 80 heavy (non-hydrogen) atoms. The van der Waals surface area contributed by atoms with Crippen molar-refractivity contribution in [2.45, 2.75) is 436 Å². The van der Waals surface area contributed by atoms with Gasteiger partial charge in [0.25, 0.3) is 0 Å². The van der Waals surface area contributed by atoms with Crippen LogP contribution in [0.4, 0.5) is 0 Å². The zero-order valence-electron chi connectivity index (χ0n) is 54.4. The molecule has 476 valence electrons. The molecule has 0 aliphatic heterocycles. The highest BCUT2D eigenvalue weighted by Gasteiger charge is 2.28. The second-order valence-corrected chi connectivity index (χ2v) is 25.6. The van der Waals surface area contributed by atoms with Crippen LogP contribution in [-0.4, -0.2) is 57.3 Å². The molecule has 0 spiro atoms.